The number of nitrogens with zero attached hydrogens (tertiary/aromatic N) is 4. The lowest BCUT2D eigenvalue weighted by Crippen LogP contribution is -2.60. The summed E-state index contributed by atoms with van der Waals surface area (Å²) in [5, 5.41) is 26.4. The van der Waals surface area contributed by atoms with E-state index in [0.29, 0.717) is 56.3 Å². The second-order valence-corrected chi connectivity index (χ2v) is 25.7. The Bertz CT molecular complexity index is 2950. The Morgan fingerprint density at radius 2 is 1.33 bits per heavy atom. The standard InChI is InChI=1S/C68H103N11O16/c1-14-43(8)59(51(93-12)38-55(83)78-36-22-26-50(78)60(94-13)44(9)61(84)73-49(66(89)90)37-45-23-17-15-18-24-45)76(10)65(88)57(41(4)5)75-64(87)58(42(6)7)77(11)68(92)95-39-46-28-30-47(31-29-46)71-62(85)48(25-21-34-70-67(69)91)72-63(86)56(40(2)3)74-52(80)27-19-16-20-35-79-53(81)32-33-54(79)82/h15,17-18,23-24,28-33,40-44,48-51,56-60H,14,16,19-22,25-27,34-39H2,1-13H3,(H,71,85)(H,72,86)(H,73,84)(H,74,80)(H,75,87)(H,89,90)(H3,69,70,91)/t43-,44+,48-,49-,50-,51+,56?,57-,58?,59-,60+/m0/s1. The van der Waals surface area contributed by atoms with Gasteiger partial charge in [-0.2, -0.15) is 0 Å². The van der Waals surface area contributed by atoms with Gasteiger partial charge in [0.15, 0.2) is 0 Å². The summed E-state index contributed by atoms with van der Waals surface area (Å²) in [7, 11) is 5.96. The third kappa shape index (κ3) is 23.8. The SMILES string of the molecule is CC[C@H](C)[C@@H]([C@@H](CC(=O)N1CCC[C@H]1[C@H](OC)[C@@H](C)C(=O)N[C@@H](Cc1ccccc1)C(=O)O)OC)N(C)C(=O)[C@@H](NC(=O)C(C(C)C)N(C)C(=O)OCc1ccc(NC(=O)[C@H](CCCNC(N)=O)NC(=O)C(NC(=O)CCCCCN2C(=O)C=CC2=O)C(C)C)cc1)C(C)C. The zero-order valence-corrected chi connectivity index (χ0v) is 57.5. The number of nitrogens with two attached hydrogens (primary N) is 1. The number of primary amides is 1. The van der Waals surface area contributed by atoms with Gasteiger partial charge < -0.3 is 66.8 Å². The minimum atomic E-state index is -1.19. The van der Waals surface area contributed by atoms with Crippen LogP contribution < -0.4 is 37.6 Å². The number of benzene rings is 2. The molecule has 2 unspecified atom stereocenters. The van der Waals surface area contributed by atoms with E-state index >= 15 is 0 Å². The van der Waals surface area contributed by atoms with Crippen LogP contribution in [0.4, 0.5) is 15.3 Å². The van der Waals surface area contributed by atoms with Crippen LogP contribution in [-0.4, -0.2) is 198 Å². The first-order valence-electron chi connectivity index (χ1n) is 32.9. The first-order valence-corrected chi connectivity index (χ1v) is 32.9. The maximum Gasteiger partial charge on any atom is 0.410 e. The predicted octanol–water partition coefficient (Wildman–Crippen LogP) is 4.65. The van der Waals surface area contributed by atoms with Gasteiger partial charge in [0.2, 0.25) is 41.4 Å². The number of aliphatic carboxylic acids is 1. The summed E-state index contributed by atoms with van der Waals surface area (Å²) in [6.07, 6.45) is 3.58. The van der Waals surface area contributed by atoms with Crippen molar-refractivity contribution in [2.75, 3.05) is 53.3 Å². The van der Waals surface area contributed by atoms with Crippen molar-refractivity contribution in [2.45, 2.75) is 194 Å². The Morgan fingerprint density at radius 3 is 1.89 bits per heavy atom. The Hall–Kier alpha value is -8.46. The van der Waals surface area contributed by atoms with Crippen molar-refractivity contribution in [1.29, 1.82) is 0 Å². The Labute approximate surface area is 558 Å². The van der Waals surface area contributed by atoms with Crippen LogP contribution in [0.25, 0.3) is 0 Å². The predicted molar refractivity (Wildman–Crippen MR) is 354 cm³/mol. The molecule has 0 spiro atoms. The maximum atomic E-state index is 14.8. The van der Waals surface area contributed by atoms with Gasteiger partial charge in [-0.3, -0.25) is 53.0 Å². The second kappa shape index (κ2) is 38.8. The number of urea groups is 1. The molecule has 0 saturated carbocycles. The number of hydrogen-bond acceptors (Lipinski definition) is 15. The molecule has 526 valence electrons. The molecule has 2 heterocycles. The number of carbonyl (C=O) groups is 12. The third-order valence-corrected chi connectivity index (χ3v) is 17.6. The van der Waals surface area contributed by atoms with Gasteiger partial charge in [0, 0.05) is 78.6 Å². The highest BCUT2D eigenvalue weighted by molar-refractivity contribution is 6.12. The minimum Gasteiger partial charge on any atom is -0.480 e. The molecule has 2 aliphatic rings. The van der Waals surface area contributed by atoms with Crippen LogP contribution in [0.1, 0.15) is 138 Å². The topological polar surface area (TPSA) is 364 Å². The van der Waals surface area contributed by atoms with Crippen molar-refractivity contribution in [3.63, 3.8) is 0 Å². The van der Waals surface area contributed by atoms with Crippen molar-refractivity contribution in [2.24, 2.45) is 35.3 Å². The van der Waals surface area contributed by atoms with Crippen molar-refractivity contribution in [1.82, 2.24) is 46.2 Å². The van der Waals surface area contributed by atoms with E-state index < -0.39 is 126 Å². The largest absolute Gasteiger partial charge is 0.480 e. The van der Waals surface area contributed by atoms with Gasteiger partial charge in [-0.25, -0.2) is 14.4 Å². The van der Waals surface area contributed by atoms with Gasteiger partial charge in [-0.1, -0.05) is 118 Å². The van der Waals surface area contributed by atoms with Crippen LogP contribution in [0.2, 0.25) is 0 Å². The quantitative estimate of drug-likeness (QED) is 0.0333. The van der Waals surface area contributed by atoms with Crippen LogP contribution >= 0.6 is 0 Å². The van der Waals surface area contributed by atoms with Gasteiger partial charge >= 0.3 is 18.1 Å². The molecule has 2 aromatic rings. The van der Waals surface area contributed by atoms with E-state index in [1.807, 2.05) is 19.9 Å². The van der Waals surface area contributed by atoms with E-state index in [9.17, 15) is 62.6 Å². The van der Waals surface area contributed by atoms with Gasteiger partial charge in [0.1, 0.15) is 36.8 Å². The summed E-state index contributed by atoms with van der Waals surface area (Å²) in [6.45, 7) is 16.6. The molecule has 1 saturated heterocycles. The van der Waals surface area contributed by atoms with E-state index in [-0.39, 0.29) is 81.4 Å². The monoisotopic (exact) mass is 1330 g/mol. The molecular formula is C68H103N11O16. The first kappa shape index (κ1) is 79.0. The van der Waals surface area contributed by atoms with E-state index in [1.54, 1.807) is 109 Å². The maximum absolute atomic E-state index is 14.8. The number of amides is 12. The fraction of sp³-hybridized carbons (Fsp3) is 0.618. The fourth-order valence-electron chi connectivity index (χ4n) is 12.0. The molecule has 0 aromatic heterocycles. The smallest absolute Gasteiger partial charge is 0.410 e. The molecule has 95 heavy (non-hydrogen) atoms. The molecule has 4 rings (SSSR count). The van der Waals surface area contributed by atoms with Crippen LogP contribution in [0.3, 0.4) is 0 Å². The minimum absolute atomic E-state index is 0.0752. The van der Waals surface area contributed by atoms with Crippen molar-refractivity contribution in [3.8, 4) is 0 Å². The summed E-state index contributed by atoms with van der Waals surface area (Å²) < 4.78 is 17.7. The molecule has 2 aliphatic heterocycles. The summed E-state index contributed by atoms with van der Waals surface area (Å²) in [5.74, 6) is -7.74. The summed E-state index contributed by atoms with van der Waals surface area (Å²) in [6, 6.07) is 7.86. The Morgan fingerprint density at radius 1 is 0.695 bits per heavy atom. The average molecular weight is 1330 g/mol. The number of imide groups is 1. The van der Waals surface area contributed by atoms with Crippen LogP contribution in [0.15, 0.2) is 66.7 Å². The van der Waals surface area contributed by atoms with Crippen LogP contribution in [-0.2, 0) is 75.2 Å². The number of ether oxygens (including phenoxy) is 3. The van der Waals surface area contributed by atoms with Crippen molar-refractivity contribution < 1.29 is 76.9 Å². The number of likely N-dealkylation sites (N-methyl/N-ethyl adjacent to an activating group) is 2. The van der Waals surface area contributed by atoms with Gasteiger partial charge in [-0.15, -0.1) is 0 Å². The van der Waals surface area contributed by atoms with E-state index in [2.05, 4.69) is 31.9 Å². The molecule has 11 atom stereocenters. The number of nitrogens with one attached hydrogen (secondary N) is 6. The number of rotatable bonds is 39. The van der Waals surface area contributed by atoms with Gasteiger partial charge in [-0.05, 0) is 85.5 Å². The fourth-order valence-corrected chi connectivity index (χ4v) is 12.0. The van der Waals surface area contributed by atoms with Crippen LogP contribution in [0.5, 0.6) is 0 Å². The number of carbonyl (C=O) groups excluding carboxylic acids is 11. The molecule has 27 nitrogen and oxygen atoms in total. The number of likely N-dealkylation sites (tertiary alicyclic amines) is 1. The van der Waals surface area contributed by atoms with Gasteiger partial charge in [0.25, 0.3) is 11.8 Å². The molecular weight excluding hydrogens is 1230 g/mol. The number of unbranched alkanes of at least 4 members (excludes halogenated alkanes) is 2. The molecule has 0 radical (unpaired) electrons. The number of carboxylic acids is 1. The Kier molecular flexibility index (Phi) is 32.2. The van der Waals surface area contributed by atoms with Crippen molar-refractivity contribution in [3.05, 3.63) is 77.9 Å². The number of hydrogen-bond donors (Lipinski definition) is 8. The van der Waals surface area contributed by atoms with E-state index in [0.717, 1.165) is 15.4 Å². The molecule has 0 bridgehead atoms. The highest BCUT2D eigenvalue weighted by Gasteiger charge is 2.44. The number of methoxy groups -OCH3 is 2. The molecule has 27 heteroatoms. The summed E-state index contributed by atoms with van der Waals surface area (Å²) in [4.78, 5) is 165. The molecule has 12 amide bonds. The lowest BCUT2D eigenvalue weighted by molar-refractivity contribution is -0.148. The zero-order chi connectivity index (χ0) is 70.8. The zero-order valence-electron chi connectivity index (χ0n) is 57.5. The molecule has 9 N–H and O–H groups in total. The highest BCUT2D eigenvalue weighted by Crippen LogP contribution is 2.30. The number of anilines is 1. The second-order valence-electron chi connectivity index (χ2n) is 25.7. The molecule has 0 aliphatic carbocycles. The van der Waals surface area contributed by atoms with Crippen LogP contribution in [0, 0.1) is 29.6 Å². The highest BCUT2D eigenvalue weighted by atomic mass is 16.6. The van der Waals surface area contributed by atoms with Gasteiger partial charge in [0.05, 0.1) is 36.6 Å². The van der Waals surface area contributed by atoms with Crippen molar-refractivity contribution >= 4 is 76.9 Å². The number of carboxylic acid groups (broad SMARTS) is 1. The third-order valence-electron chi connectivity index (χ3n) is 17.6. The first-order chi connectivity index (χ1) is 44.9. The lowest BCUT2D eigenvalue weighted by atomic mass is 9.89. The normalized spacial score (nSPS) is 16.9. The van der Waals surface area contributed by atoms with E-state index in [1.165, 1.54) is 38.3 Å². The Balaban J connectivity index is 1.38. The average Bonchev–Trinajstić information content (AvgIpc) is 1.81. The summed E-state index contributed by atoms with van der Waals surface area (Å²) in [5.41, 5.74) is 6.83. The summed E-state index contributed by atoms with van der Waals surface area (Å²) >= 11 is 0. The molecule has 1 fully saturated rings. The van der Waals surface area contributed by atoms with E-state index in [4.69, 9.17) is 19.9 Å². The lowest BCUT2D eigenvalue weighted by Gasteiger charge is -2.41. The molecule has 2 aromatic carbocycles.